The fraction of sp³-hybridized carbons (Fsp3) is 0. The molecule has 4 heteroatoms. The van der Waals surface area contributed by atoms with E-state index in [1.54, 1.807) is 18.2 Å². The standard InChI is InChI=1S/C14H8BrNO2/c15-7-4-5-8-9-2-1-3-10(14(16)18)12(9)13(17)11(8)6-7/h1-6H,(H2,16,18). The second kappa shape index (κ2) is 3.78. The van der Waals surface area contributed by atoms with Gasteiger partial charge < -0.3 is 5.73 Å². The first-order chi connectivity index (χ1) is 8.59. The fourth-order valence-electron chi connectivity index (χ4n) is 2.30. The lowest BCUT2D eigenvalue weighted by Gasteiger charge is -2.03. The summed E-state index contributed by atoms with van der Waals surface area (Å²) in [7, 11) is 0. The minimum absolute atomic E-state index is 0.143. The van der Waals surface area contributed by atoms with Gasteiger partial charge in [0.2, 0.25) is 5.91 Å². The van der Waals surface area contributed by atoms with E-state index in [2.05, 4.69) is 15.9 Å². The zero-order valence-corrected chi connectivity index (χ0v) is 10.8. The van der Waals surface area contributed by atoms with Gasteiger partial charge in [0.25, 0.3) is 0 Å². The Balaban J connectivity index is 2.36. The second-order valence-corrected chi connectivity index (χ2v) is 5.03. The number of amides is 1. The van der Waals surface area contributed by atoms with E-state index in [0.29, 0.717) is 11.1 Å². The summed E-state index contributed by atoms with van der Waals surface area (Å²) in [6, 6.07) is 10.7. The number of carbonyl (C=O) groups excluding carboxylic acids is 2. The number of hydrogen-bond acceptors (Lipinski definition) is 2. The first kappa shape index (κ1) is 11.2. The molecule has 0 fully saturated rings. The molecule has 0 spiro atoms. The molecule has 0 bridgehead atoms. The molecule has 0 aliphatic heterocycles. The molecule has 0 unspecified atom stereocenters. The van der Waals surface area contributed by atoms with Crippen LogP contribution in [0.5, 0.6) is 0 Å². The smallest absolute Gasteiger partial charge is 0.249 e. The highest BCUT2D eigenvalue weighted by atomic mass is 79.9. The van der Waals surface area contributed by atoms with Crippen molar-refractivity contribution in [1.82, 2.24) is 0 Å². The van der Waals surface area contributed by atoms with Crippen LogP contribution in [0, 0.1) is 0 Å². The van der Waals surface area contributed by atoms with E-state index < -0.39 is 5.91 Å². The van der Waals surface area contributed by atoms with Gasteiger partial charge in [0.15, 0.2) is 5.78 Å². The van der Waals surface area contributed by atoms with Crippen molar-refractivity contribution >= 4 is 27.6 Å². The van der Waals surface area contributed by atoms with Crippen LogP contribution in [0.15, 0.2) is 40.9 Å². The molecule has 18 heavy (non-hydrogen) atoms. The van der Waals surface area contributed by atoms with Crippen molar-refractivity contribution in [1.29, 1.82) is 0 Å². The minimum atomic E-state index is -0.577. The molecule has 3 nitrogen and oxygen atoms in total. The Hall–Kier alpha value is -1.94. The molecular weight excluding hydrogens is 294 g/mol. The van der Waals surface area contributed by atoms with Gasteiger partial charge in [-0.25, -0.2) is 0 Å². The maximum absolute atomic E-state index is 12.3. The average Bonchev–Trinajstić information content (AvgIpc) is 2.63. The van der Waals surface area contributed by atoms with Crippen LogP contribution in [0.1, 0.15) is 26.3 Å². The molecule has 2 N–H and O–H groups in total. The third-order valence-electron chi connectivity index (χ3n) is 3.07. The van der Waals surface area contributed by atoms with E-state index in [9.17, 15) is 9.59 Å². The van der Waals surface area contributed by atoms with Crippen molar-refractivity contribution in [2.75, 3.05) is 0 Å². The van der Waals surface area contributed by atoms with Crippen molar-refractivity contribution in [2.45, 2.75) is 0 Å². The van der Waals surface area contributed by atoms with Crippen LogP contribution < -0.4 is 5.73 Å². The molecule has 2 aromatic rings. The topological polar surface area (TPSA) is 60.2 Å². The molecule has 0 atom stereocenters. The van der Waals surface area contributed by atoms with Gasteiger partial charge in [0, 0.05) is 15.6 Å². The number of primary amides is 1. The average molecular weight is 302 g/mol. The summed E-state index contributed by atoms with van der Waals surface area (Å²) in [5.41, 5.74) is 8.24. The second-order valence-electron chi connectivity index (χ2n) is 4.11. The number of halogens is 1. The largest absolute Gasteiger partial charge is 0.366 e. The molecule has 3 rings (SSSR count). The van der Waals surface area contributed by atoms with E-state index in [1.807, 2.05) is 18.2 Å². The third kappa shape index (κ3) is 1.42. The summed E-state index contributed by atoms with van der Waals surface area (Å²) in [6.45, 7) is 0. The summed E-state index contributed by atoms with van der Waals surface area (Å²) in [5.74, 6) is -0.720. The predicted octanol–water partition coefficient (Wildman–Crippen LogP) is 2.76. The number of rotatable bonds is 1. The van der Waals surface area contributed by atoms with Gasteiger partial charge in [-0.2, -0.15) is 0 Å². The molecular formula is C14H8BrNO2. The van der Waals surface area contributed by atoms with Crippen LogP contribution in [-0.4, -0.2) is 11.7 Å². The van der Waals surface area contributed by atoms with Crippen LogP contribution in [0.4, 0.5) is 0 Å². The number of benzene rings is 2. The Labute approximate surface area is 112 Å². The van der Waals surface area contributed by atoms with Gasteiger partial charge in [0.1, 0.15) is 0 Å². The number of ketones is 1. The fourth-order valence-corrected chi connectivity index (χ4v) is 2.66. The van der Waals surface area contributed by atoms with Gasteiger partial charge in [-0.15, -0.1) is 0 Å². The van der Waals surface area contributed by atoms with Crippen LogP contribution in [-0.2, 0) is 0 Å². The highest BCUT2D eigenvalue weighted by molar-refractivity contribution is 9.10. The number of fused-ring (bicyclic) bond motifs is 3. The Morgan fingerprint density at radius 2 is 1.83 bits per heavy atom. The quantitative estimate of drug-likeness (QED) is 0.751. The maximum Gasteiger partial charge on any atom is 0.249 e. The van der Waals surface area contributed by atoms with Crippen molar-refractivity contribution in [3.8, 4) is 11.1 Å². The number of nitrogens with two attached hydrogens (primary N) is 1. The van der Waals surface area contributed by atoms with Crippen LogP contribution in [0.25, 0.3) is 11.1 Å². The van der Waals surface area contributed by atoms with Crippen molar-refractivity contribution in [2.24, 2.45) is 5.73 Å². The highest BCUT2D eigenvalue weighted by Crippen LogP contribution is 2.39. The van der Waals surface area contributed by atoms with Gasteiger partial charge in [0.05, 0.1) is 5.56 Å². The summed E-state index contributed by atoms with van der Waals surface area (Å²) >= 11 is 3.34. The summed E-state index contributed by atoms with van der Waals surface area (Å²) < 4.78 is 0.836. The minimum Gasteiger partial charge on any atom is -0.366 e. The van der Waals surface area contributed by atoms with E-state index in [1.165, 1.54) is 0 Å². The Morgan fingerprint density at radius 3 is 2.56 bits per heavy atom. The number of hydrogen-bond donors (Lipinski definition) is 1. The molecule has 0 saturated heterocycles. The maximum atomic E-state index is 12.3. The van der Waals surface area contributed by atoms with Crippen molar-refractivity contribution in [3.63, 3.8) is 0 Å². The lowest BCUT2D eigenvalue weighted by Crippen LogP contribution is -2.15. The third-order valence-corrected chi connectivity index (χ3v) is 3.57. The normalized spacial score (nSPS) is 12.2. The van der Waals surface area contributed by atoms with Crippen molar-refractivity contribution < 1.29 is 9.59 Å². The number of carbonyl (C=O) groups is 2. The van der Waals surface area contributed by atoms with E-state index in [0.717, 1.165) is 15.6 Å². The molecule has 1 aliphatic rings. The Kier molecular flexibility index (Phi) is 2.35. The first-order valence-electron chi connectivity index (χ1n) is 5.37. The van der Waals surface area contributed by atoms with Crippen LogP contribution in [0.3, 0.4) is 0 Å². The lowest BCUT2D eigenvalue weighted by molar-refractivity contribution is 0.0983. The highest BCUT2D eigenvalue weighted by Gasteiger charge is 2.30. The zero-order valence-electron chi connectivity index (χ0n) is 9.24. The van der Waals surface area contributed by atoms with Crippen molar-refractivity contribution in [3.05, 3.63) is 57.6 Å². The summed E-state index contributed by atoms with van der Waals surface area (Å²) in [5, 5.41) is 0. The first-order valence-corrected chi connectivity index (χ1v) is 6.16. The van der Waals surface area contributed by atoms with E-state index in [-0.39, 0.29) is 11.3 Å². The van der Waals surface area contributed by atoms with Gasteiger partial charge >= 0.3 is 0 Å². The van der Waals surface area contributed by atoms with Crippen LogP contribution in [0.2, 0.25) is 0 Å². The zero-order chi connectivity index (χ0) is 12.9. The molecule has 88 valence electrons. The van der Waals surface area contributed by atoms with Crippen LogP contribution >= 0.6 is 15.9 Å². The summed E-state index contributed by atoms with van der Waals surface area (Å²) in [6.07, 6.45) is 0. The summed E-state index contributed by atoms with van der Waals surface area (Å²) in [4.78, 5) is 23.7. The molecule has 2 aromatic carbocycles. The van der Waals surface area contributed by atoms with Gasteiger partial charge in [-0.05, 0) is 29.3 Å². The van der Waals surface area contributed by atoms with E-state index >= 15 is 0 Å². The van der Waals surface area contributed by atoms with Gasteiger partial charge in [-0.3, -0.25) is 9.59 Å². The lowest BCUT2D eigenvalue weighted by atomic mass is 10.0. The molecule has 0 radical (unpaired) electrons. The van der Waals surface area contributed by atoms with Gasteiger partial charge in [-0.1, -0.05) is 34.1 Å². The Bertz CT molecular complexity index is 707. The molecule has 0 saturated carbocycles. The SMILES string of the molecule is NC(=O)c1cccc2c1C(=O)c1cc(Br)ccc1-2. The molecule has 0 heterocycles. The molecule has 1 aliphatic carbocycles. The van der Waals surface area contributed by atoms with E-state index in [4.69, 9.17) is 5.73 Å². The molecule has 1 amide bonds. The Morgan fingerprint density at radius 1 is 1.06 bits per heavy atom. The monoisotopic (exact) mass is 301 g/mol. The molecule has 0 aromatic heterocycles. The predicted molar refractivity (Wildman–Crippen MR) is 71.5 cm³/mol.